The number of benzene rings is 1. The number of pyridine rings is 1. The molecule has 1 aliphatic rings. The van der Waals surface area contributed by atoms with Gasteiger partial charge in [0.15, 0.2) is 0 Å². The van der Waals surface area contributed by atoms with Crippen molar-refractivity contribution in [1.29, 1.82) is 0 Å². The average Bonchev–Trinajstić information content (AvgIpc) is 3.33. The van der Waals surface area contributed by atoms with E-state index in [2.05, 4.69) is 0 Å². The fourth-order valence-corrected chi connectivity index (χ4v) is 2.41. The summed E-state index contributed by atoms with van der Waals surface area (Å²) in [7, 11) is 1.63. The first-order valence-corrected chi connectivity index (χ1v) is 7.27. The van der Waals surface area contributed by atoms with E-state index in [9.17, 15) is 14.0 Å². The highest BCUT2D eigenvalue weighted by atomic mass is 19.1. The van der Waals surface area contributed by atoms with E-state index in [4.69, 9.17) is 0 Å². The van der Waals surface area contributed by atoms with Crippen molar-refractivity contribution in [2.45, 2.75) is 25.4 Å². The van der Waals surface area contributed by atoms with Crippen LogP contribution in [-0.4, -0.2) is 21.4 Å². The molecule has 0 atom stereocenters. The van der Waals surface area contributed by atoms with Gasteiger partial charge in [0.05, 0.1) is 0 Å². The summed E-state index contributed by atoms with van der Waals surface area (Å²) in [5.41, 5.74) is 0.616. The van der Waals surface area contributed by atoms with Gasteiger partial charge in [0.25, 0.3) is 11.5 Å². The van der Waals surface area contributed by atoms with E-state index < -0.39 is 0 Å². The van der Waals surface area contributed by atoms with Crippen LogP contribution in [0, 0.1) is 5.82 Å². The maximum absolute atomic E-state index is 13.8. The second-order valence-electron chi connectivity index (χ2n) is 5.62. The minimum Gasteiger partial charge on any atom is -0.331 e. The molecule has 1 amide bonds. The number of carbonyl (C=O) groups is 1. The normalized spacial score (nSPS) is 13.9. The fourth-order valence-electron chi connectivity index (χ4n) is 2.41. The highest BCUT2D eigenvalue weighted by molar-refractivity contribution is 5.94. The zero-order chi connectivity index (χ0) is 15.7. The second kappa shape index (κ2) is 5.75. The van der Waals surface area contributed by atoms with Gasteiger partial charge in [-0.2, -0.15) is 0 Å². The van der Waals surface area contributed by atoms with Crippen molar-refractivity contribution in [3.8, 4) is 0 Å². The van der Waals surface area contributed by atoms with Gasteiger partial charge < -0.3 is 9.47 Å². The third-order valence-electron chi connectivity index (χ3n) is 3.90. The number of aryl methyl sites for hydroxylation is 1. The number of rotatable bonds is 4. The summed E-state index contributed by atoms with van der Waals surface area (Å²) in [6.07, 6.45) is 3.42. The van der Waals surface area contributed by atoms with Crippen molar-refractivity contribution in [1.82, 2.24) is 9.47 Å². The molecule has 4 nitrogen and oxygen atoms in total. The van der Waals surface area contributed by atoms with E-state index in [0.717, 1.165) is 12.8 Å². The lowest BCUT2D eigenvalue weighted by atomic mass is 10.1. The summed E-state index contributed by atoms with van der Waals surface area (Å²) in [5, 5.41) is 0. The first kappa shape index (κ1) is 14.5. The van der Waals surface area contributed by atoms with Gasteiger partial charge in [-0.25, -0.2) is 4.39 Å². The van der Waals surface area contributed by atoms with E-state index in [1.54, 1.807) is 42.4 Å². The van der Waals surface area contributed by atoms with Crippen LogP contribution < -0.4 is 5.56 Å². The van der Waals surface area contributed by atoms with Gasteiger partial charge in [-0.05, 0) is 25.0 Å². The van der Waals surface area contributed by atoms with Crippen LogP contribution in [0.4, 0.5) is 4.39 Å². The van der Waals surface area contributed by atoms with Gasteiger partial charge in [0, 0.05) is 43.0 Å². The zero-order valence-electron chi connectivity index (χ0n) is 12.3. The molecule has 1 aliphatic carbocycles. The monoisotopic (exact) mass is 300 g/mol. The third-order valence-corrected chi connectivity index (χ3v) is 3.90. The molecule has 1 aromatic carbocycles. The van der Waals surface area contributed by atoms with Gasteiger partial charge in [-0.3, -0.25) is 9.59 Å². The molecular weight excluding hydrogens is 283 g/mol. The topological polar surface area (TPSA) is 42.3 Å². The van der Waals surface area contributed by atoms with Crippen LogP contribution in [0.1, 0.15) is 28.8 Å². The van der Waals surface area contributed by atoms with Gasteiger partial charge in [-0.1, -0.05) is 18.2 Å². The van der Waals surface area contributed by atoms with Gasteiger partial charge in [-0.15, -0.1) is 0 Å². The summed E-state index contributed by atoms with van der Waals surface area (Å²) in [6.45, 7) is 0.228. The Hall–Kier alpha value is -2.43. The number of hydrogen-bond acceptors (Lipinski definition) is 2. The van der Waals surface area contributed by atoms with Crippen molar-refractivity contribution >= 4 is 5.91 Å². The van der Waals surface area contributed by atoms with Crippen molar-refractivity contribution in [3.63, 3.8) is 0 Å². The Labute approximate surface area is 127 Å². The first-order chi connectivity index (χ1) is 10.6. The van der Waals surface area contributed by atoms with E-state index in [1.807, 2.05) is 0 Å². The maximum atomic E-state index is 13.8. The van der Waals surface area contributed by atoms with E-state index in [0.29, 0.717) is 11.1 Å². The van der Waals surface area contributed by atoms with Crippen molar-refractivity contribution in [2.75, 3.05) is 0 Å². The summed E-state index contributed by atoms with van der Waals surface area (Å²) in [5.74, 6) is -0.534. The highest BCUT2D eigenvalue weighted by Crippen LogP contribution is 2.30. The van der Waals surface area contributed by atoms with Crippen LogP contribution in [0.2, 0.25) is 0 Å². The molecular formula is C17H17FN2O2. The molecule has 114 valence electrons. The average molecular weight is 300 g/mol. The molecule has 0 unspecified atom stereocenters. The number of nitrogens with zero attached hydrogens (tertiary/aromatic N) is 2. The van der Waals surface area contributed by atoms with Crippen LogP contribution in [0.25, 0.3) is 0 Å². The van der Waals surface area contributed by atoms with Crippen LogP contribution in [-0.2, 0) is 13.6 Å². The molecule has 3 rings (SSSR count). The second-order valence-corrected chi connectivity index (χ2v) is 5.62. The Balaban J connectivity index is 1.88. The smallest absolute Gasteiger partial charge is 0.254 e. The summed E-state index contributed by atoms with van der Waals surface area (Å²) < 4.78 is 15.2. The lowest BCUT2D eigenvalue weighted by Crippen LogP contribution is -2.34. The Morgan fingerprint density at radius 1 is 1.32 bits per heavy atom. The molecule has 22 heavy (non-hydrogen) atoms. The molecule has 1 aromatic heterocycles. The van der Waals surface area contributed by atoms with Gasteiger partial charge >= 0.3 is 0 Å². The molecule has 0 aliphatic heterocycles. The molecule has 0 spiro atoms. The standard InChI is InChI=1S/C17H17FN2O2/c1-19-9-8-12(10-16(19)21)17(22)20(14-6-7-14)11-13-4-2-3-5-15(13)18/h2-5,8-10,14H,6-7,11H2,1H3. The van der Waals surface area contributed by atoms with Crippen LogP contribution >= 0.6 is 0 Å². The van der Waals surface area contributed by atoms with Gasteiger partial charge in [0.1, 0.15) is 5.82 Å². The van der Waals surface area contributed by atoms with Crippen LogP contribution in [0.5, 0.6) is 0 Å². The number of hydrogen-bond donors (Lipinski definition) is 0. The van der Waals surface area contributed by atoms with Gasteiger partial charge in [0.2, 0.25) is 0 Å². The van der Waals surface area contributed by atoms with Crippen LogP contribution in [0.3, 0.4) is 0 Å². The molecule has 2 aromatic rings. The third kappa shape index (κ3) is 2.93. The molecule has 0 N–H and O–H groups in total. The quantitative estimate of drug-likeness (QED) is 0.869. The molecule has 1 saturated carbocycles. The van der Waals surface area contributed by atoms with Crippen molar-refractivity contribution in [2.24, 2.45) is 7.05 Å². The Morgan fingerprint density at radius 3 is 2.68 bits per heavy atom. The van der Waals surface area contributed by atoms with E-state index >= 15 is 0 Å². The minimum atomic E-state index is -0.315. The summed E-state index contributed by atoms with van der Waals surface area (Å²) in [6, 6.07) is 9.55. The Kier molecular flexibility index (Phi) is 3.79. The SMILES string of the molecule is Cn1ccc(C(=O)N(Cc2ccccc2F)C2CC2)cc1=O. The molecule has 5 heteroatoms. The lowest BCUT2D eigenvalue weighted by molar-refractivity contribution is 0.0728. The van der Waals surface area contributed by atoms with E-state index in [1.165, 1.54) is 16.7 Å². The molecule has 0 saturated heterocycles. The van der Waals surface area contributed by atoms with Crippen molar-refractivity contribution < 1.29 is 9.18 Å². The number of aromatic nitrogens is 1. The zero-order valence-corrected chi connectivity index (χ0v) is 12.3. The molecule has 1 heterocycles. The number of halogens is 1. The predicted octanol–water partition coefficient (Wildman–Crippen LogP) is 2.33. The number of carbonyl (C=O) groups excluding carboxylic acids is 1. The molecule has 1 fully saturated rings. The fraction of sp³-hybridized carbons (Fsp3) is 0.294. The summed E-state index contributed by atoms with van der Waals surface area (Å²) in [4.78, 5) is 26.0. The predicted molar refractivity (Wildman–Crippen MR) is 81.0 cm³/mol. The largest absolute Gasteiger partial charge is 0.331 e. The Morgan fingerprint density at radius 2 is 2.05 bits per heavy atom. The minimum absolute atomic E-state index is 0.135. The van der Waals surface area contributed by atoms with Crippen molar-refractivity contribution in [3.05, 3.63) is 69.9 Å². The first-order valence-electron chi connectivity index (χ1n) is 7.27. The summed E-state index contributed by atoms with van der Waals surface area (Å²) >= 11 is 0. The highest BCUT2D eigenvalue weighted by Gasteiger charge is 2.33. The maximum Gasteiger partial charge on any atom is 0.254 e. The molecule has 0 bridgehead atoms. The Bertz CT molecular complexity index is 765. The van der Waals surface area contributed by atoms with E-state index in [-0.39, 0.29) is 29.9 Å². The lowest BCUT2D eigenvalue weighted by Gasteiger charge is -2.23. The van der Waals surface area contributed by atoms with Crippen LogP contribution in [0.15, 0.2) is 47.4 Å². The number of amides is 1. The molecule has 0 radical (unpaired) electrons.